The molecule has 0 amide bonds. The lowest BCUT2D eigenvalue weighted by molar-refractivity contribution is 0.226. The average molecular weight is 392 g/mol. The standard InChI is InChI=1S/C23H29N5O/c1-28-11-8-17(9-12-28)14-26-23-6-3-18(16-27-23)15-25-21-7-10-24-22-13-19(29-2)4-5-20(21)22/h3-7,10,13,16-17H,8-9,11-12,14-15H2,1-2H3,(H,24,25)(H,26,27). The number of hydrogen-bond donors (Lipinski definition) is 2. The van der Waals surface area contributed by atoms with Crippen LogP contribution < -0.4 is 15.4 Å². The maximum atomic E-state index is 5.29. The largest absolute Gasteiger partial charge is 0.497 e. The summed E-state index contributed by atoms with van der Waals surface area (Å²) in [5.74, 6) is 2.51. The number of nitrogens with one attached hydrogen (secondary N) is 2. The van der Waals surface area contributed by atoms with E-state index in [0.717, 1.165) is 46.2 Å². The molecule has 1 aliphatic heterocycles. The first-order chi connectivity index (χ1) is 14.2. The first-order valence-electron chi connectivity index (χ1n) is 10.3. The molecule has 1 fully saturated rings. The second-order valence-corrected chi connectivity index (χ2v) is 7.77. The predicted octanol–water partition coefficient (Wildman–Crippen LogP) is 4.00. The first-order valence-corrected chi connectivity index (χ1v) is 10.3. The zero-order valence-corrected chi connectivity index (χ0v) is 17.2. The third kappa shape index (κ3) is 4.95. The molecule has 0 bridgehead atoms. The molecule has 0 saturated carbocycles. The van der Waals surface area contributed by atoms with Crippen molar-refractivity contribution in [3.8, 4) is 5.75 Å². The highest BCUT2D eigenvalue weighted by Gasteiger charge is 2.16. The Bertz CT molecular complexity index is 936. The molecule has 2 N–H and O–H groups in total. The number of fused-ring (bicyclic) bond motifs is 1. The van der Waals surface area contributed by atoms with Crippen LogP contribution in [-0.2, 0) is 6.54 Å². The number of methoxy groups -OCH3 is 1. The Kier molecular flexibility index (Phi) is 6.10. The van der Waals surface area contributed by atoms with Crippen LogP contribution >= 0.6 is 0 Å². The molecule has 6 nitrogen and oxygen atoms in total. The molecule has 152 valence electrons. The maximum Gasteiger partial charge on any atom is 0.125 e. The van der Waals surface area contributed by atoms with Crippen molar-refractivity contribution in [3.05, 3.63) is 54.4 Å². The molecule has 0 aliphatic carbocycles. The van der Waals surface area contributed by atoms with Crippen LogP contribution in [-0.4, -0.2) is 48.7 Å². The van der Waals surface area contributed by atoms with E-state index >= 15 is 0 Å². The van der Waals surface area contributed by atoms with Crippen LogP contribution in [0.1, 0.15) is 18.4 Å². The summed E-state index contributed by atoms with van der Waals surface area (Å²) in [5.41, 5.74) is 3.12. The van der Waals surface area contributed by atoms with Crippen LogP contribution in [0.5, 0.6) is 5.75 Å². The summed E-state index contributed by atoms with van der Waals surface area (Å²) < 4.78 is 5.29. The third-order valence-electron chi connectivity index (χ3n) is 5.67. The van der Waals surface area contributed by atoms with Gasteiger partial charge in [-0.3, -0.25) is 4.98 Å². The van der Waals surface area contributed by atoms with Crippen molar-refractivity contribution in [1.29, 1.82) is 0 Å². The van der Waals surface area contributed by atoms with Crippen molar-refractivity contribution in [2.24, 2.45) is 5.92 Å². The van der Waals surface area contributed by atoms with Gasteiger partial charge in [0.2, 0.25) is 0 Å². The van der Waals surface area contributed by atoms with E-state index in [0.29, 0.717) is 6.54 Å². The highest BCUT2D eigenvalue weighted by atomic mass is 16.5. The molecule has 0 unspecified atom stereocenters. The molecule has 0 radical (unpaired) electrons. The van der Waals surface area contributed by atoms with E-state index in [1.165, 1.54) is 25.9 Å². The number of anilines is 2. The maximum absolute atomic E-state index is 5.29. The third-order valence-corrected chi connectivity index (χ3v) is 5.67. The molecule has 4 rings (SSSR count). The van der Waals surface area contributed by atoms with Crippen molar-refractivity contribution < 1.29 is 4.74 Å². The van der Waals surface area contributed by atoms with Crippen molar-refractivity contribution >= 4 is 22.4 Å². The van der Waals surface area contributed by atoms with Crippen LogP contribution in [0.25, 0.3) is 10.9 Å². The number of nitrogens with zero attached hydrogens (tertiary/aromatic N) is 3. The monoisotopic (exact) mass is 391 g/mol. The Labute approximate surface area is 172 Å². The summed E-state index contributed by atoms with van der Waals surface area (Å²) in [4.78, 5) is 11.4. The predicted molar refractivity (Wildman–Crippen MR) is 119 cm³/mol. The van der Waals surface area contributed by atoms with Gasteiger partial charge >= 0.3 is 0 Å². The van der Waals surface area contributed by atoms with E-state index in [1.807, 2.05) is 36.7 Å². The smallest absolute Gasteiger partial charge is 0.125 e. The van der Waals surface area contributed by atoms with Crippen molar-refractivity contribution in [2.45, 2.75) is 19.4 Å². The lowest BCUT2D eigenvalue weighted by Crippen LogP contribution is -2.33. The Hall–Kier alpha value is -2.86. The summed E-state index contributed by atoms with van der Waals surface area (Å²) in [7, 11) is 3.87. The molecule has 3 aromatic rings. The van der Waals surface area contributed by atoms with E-state index in [4.69, 9.17) is 4.74 Å². The minimum atomic E-state index is 0.716. The Morgan fingerprint density at radius 3 is 2.69 bits per heavy atom. The van der Waals surface area contributed by atoms with E-state index in [1.54, 1.807) is 7.11 Å². The zero-order chi connectivity index (χ0) is 20.1. The molecule has 6 heteroatoms. The fourth-order valence-corrected chi connectivity index (χ4v) is 3.76. The Balaban J connectivity index is 1.33. The van der Waals surface area contributed by atoms with Crippen LogP contribution in [0.15, 0.2) is 48.8 Å². The van der Waals surface area contributed by atoms with Gasteiger partial charge in [0.15, 0.2) is 0 Å². The molecule has 2 aromatic heterocycles. The Morgan fingerprint density at radius 2 is 1.93 bits per heavy atom. The van der Waals surface area contributed by atoms with Gasteiger partial charge in [-0.1, -0.05) is 6.07 Å². The Morgan fingerprint density at radius 1 is 1.07 bits per heavy atom. The number of aromatic nitrogens is 2. The van der Waals surface area contributed by atoms with Gasteiger partial charge in [0.1, 0.15) is 11.6 Å². The van der Waals surface area contributed by atoms with E-state index in [-0.39, 0.29) is 0 Å². The molecule has 0 atom stereocenters. The van der Waals surface area contributed by atoms with Gasteiger partial charge in [0.05, 0.1) is 12.6 Å². The summed E-state index contributed by atoms with van der Waals surface area (Å²) >= 11 is 0. The van der Waals surface area contributed by atoms with E-state index in [2.05, 4.69) is 44.7 Å². The topological polar surface area (TPSA) is 62.3 Å². The second kappa shape index (κ2) is 9.09. The number of hydrogen-bond acceptors (Lipinski definition) is 6. The second-order valence-electron chi connectivity index (χ2n) is 7.77. The van der Waals surface area contributed by atoms with Gasteiger partial charge in [0, 0.05) is 42.6 Å². The number of rotatable bonds is 7. The quantitative estimate of drug-likeness (QED) is 0.635. The summed E-state index contributed by atoms with van der Waals surface area (Å²) in [6, 6.07) is 12.1. The molecule has 1 saturated heterocycles. The van der Waals surface area contributed by atoms with Gasteiger partial charge in [-0.25, -0.2) is 4.98 Å². The molecule has 0 spiro atoms. The minimum absolute atomic E-state index is 0.716. The normalized spacial score (nSPS) is 15.4. The molecular formula is C23H29N5O. The van der Waals surface area contributed by atoms with Gasteiger partial charge in [0.25, 0.3) is 0 Å². The van der Waals surface area contributed by atoms with Gasteiger partial charge in [-0.2, -0.15) is 0 Å². The SMILES string of the molecule is COc1ccc2c(NCc3ccc(NCC4CCN(C)CC4)nc3)ccnc2c1. The lowest BCUT2D eigenvalue weighted by Gasteiger charge is -2.29. The summed E-state index contributed by atoms with van der Waals surface area (Å²) in [6.07, 6.45) is 6.28. The number of piperidine rings is 1. The highest BCUT2D eigenvalue weighted by molar-refractivity contribution is 5.91. The van der Waals surface area contributed by atoms with Crippen LogP contribution in [0.3, 0.4) is 0 Å². The fraction of sp³-hybridized carbons (Fsp3) is 0.391. The number of ether oxygens (including phenoxy) is 1. The number of likely N-dealkylation sites (tertiary alicyclic amines) is 1. The number of benzene rings is 1. The molecular weight excluding hydrogens is 362 g/mol. The van der Waals surface area contributed by atoms with E-state index < -0.39 is 0 Å². The van der Waals surface area contributed by atoms with Crippen molar-refractivity contribution in [2.75, 3.05) is 44.4 Å². The molecule has 3 heterocycles. The van der Waals surface area contributed by atoms with Crippen LogP contribution in [0.4, 0.5) is 11.5 Å². The fourth-order valence-electron chi connectivity index (χ4n) is 3.76. The van der Waals surface area contributed by atoms with E-state index in [9.17, 15) is 0 Å². The lowest BCUT2D eigenvalue weighted by atomic mass is 9.97. The van der Waals surface area contributed by atoms with Gasteiger partial charge in [-0.05, 0) is 68.7 Å². The van der Waals surface area contributed by atoms with Crippen molar-refractivity contribution in [3.63, 3.8) is 0 Å². The molecule has 1 aliphatic rings. The van der Waals surface area contributed by atoms with Crippen LogP contribution in [0, 0.1) is 5.92 Å². The highest BCUT2D eigenvalue weighted by Crippen LogP contribution is 2.25. The van der Waals surface area contributed by atoms with Crippen LogP contribution in [0.2, 0.25) is 0 Å². The summed E-state index contributed by atoms with van der Waals surface area (Å²) in [5, 5.41) is 8.08. The zero-order valence-electron chi connectivity index (χ0n) is 17.2. The number of pyridine rings is 2. The van der Waals surface area contributed by atoms with Crippen molar-refractivity contribution in [1.82, 2.24) is 14.9 Å². The molecule has 29 heavy (non-hydrogen) atoms. The minimum Gasteiger partial charge on any atom is -0.497 e. The average Bonchev–Trinajstić information content (AvgIpc) is 2.77. The van der Waals surface area contributed by atoms with Gasteiger partial charge < -0.3 is 20.3 Å². The first kappa shape index (κ1) is 19.5. The summed E-state index contributed by atoms with van der Waals surface area (Å²) in [6.45, 7) is 4.11. The molecule has 1 aromatic carbocycles. The van der Waals surface area contributed by atoms with Gasteiger partial charge in [-0.15, -0.1) is 0 Å².